The van der Waals surface area contributed by atoms with Crippen LogP contribution < -0.4 is 10.6 Å². The molecule has 1 saturated heterocycles. The molecule has 1 aliphatic heterocycles. The van der Waals surface area contributed by atoms with Crippen molar-refractivity contribution in [2.24, 2.45) is 5.92 Å². The maximum absolute atomic E-state index is 11.6. The zero-order chi connectivity index (χ0) is 12.6. The Morgan fingerprint density at radius 2 is 2.50 bits per heavy atom. The number of nitrogens with one attached hydrogen (secondary N) is 2. The van der Waals surface area contributed by atoms with Gasteiger partial charge in [-0.05, 0) is 50.4 Å². The van der Waals surface area contributed by atoms with Gasteiger partial charge in [-0.15, -0.1) is 0 Å². The summed E-state index contributed by atoms with van der Waals surface area (Å²) in [4.78, 5) is 11.6. The quantitative estimate of drug-likeness (QED) is 0.808. The molecule has 2 N–H and O–H groups in total. The molecule has 4 heteroatoms. The van der Waals surface area contributed by atoms with Crippen LogP contribution >= 0.6 is 0 Å². The van der Waals surface area contributed by atoms with Gasteiger partial charge in [-0.2, -0.15) is 0 Å². The van der Waals surface area contributed by atoms with Crippen LogP contribution in [0.1, 0.15) is 31.4 Å². The Hall–Kier alpha value is -1.29. The van der Waals surface area contributed by atoms with Crippen molar-refractivity contribution in [1.82, 2.24) is 10.6 Å². The molecule has 1 fully saturated rings. The second-order valence-corrected chi connectivity index (χ2v) is 4.93. The Morgan fingerprint density at radius 1 is 1.56 bits per heavy atom. The zero-order valence-electron chi connectivity index (χ0n) is 10.8. The molecule has 0 aliphatic carbocycles. The molecule has 1 aromatic rings. The van der Waals surface area contributed by atoms with E-state index in [2.05, 4.69) is 10.6 Å². The standard InChI is InChI=1S/C14H22N2O2/c17-14(6-5-13-4-2-10-18-13)16-9-7-12-3-1-8-15-11-12/h2,4,10,12,15H,1,3,5-9,11H2,(H,16,17). The molecular weight excluding hydrogens is 228 g/mol. The highest BCUT2D eigenvalue weighted by atomic mass is 16.3. The molecule has 2 rings (SSSR count). The number of furan rings is 1. The van der Waals surface area contributed by atoms with E-state index in [0.29, 0.717) is 12.8 Å². The summed E-state index contributed by atoms with van der Waals surface area (Å²) < 4.78 is 5.20. The Morgan fingerprint density at radius 3 is 3.22 bits per heavy atom. The van der Waals surface area contributed by atoms with E-state index >= 15 is 0 Å². The van der Waals surface area contributed by atoms with E-state index in [-0.39, 0.29) is 5.91 Å². The molecule has 0 saturated carbocycles. The van der Waals surface area contributed by atoms with Crippen molar-refractivity contribution in [3.05, 3.63) is 24.2 Å². The molecule has 1 amide bonds. The average molecular weight is 250 g/mol. The molecule has 4 nitrogen and oxygen atoms in total. The van der Waals surface area contributed by atoms with E-state index in [4.69, 9.17) is 4.42 Å². The largest absolute Gasteiger partial charge is 0.469 e. The molecular formula is C14H22N2O2. The predicted molar refractivity (Wildman–Crippen MR) is 70.2 cm³/mol. The molecule has 100 valence electrons. The first-order valence-electron chi connectivity index (χ1n) is 6.84. The number of carbonyl (C=O) groups excluding carboxylic acids is 1. The molecule has 0 bridgehead atoms. The maximum Gasteiger partial charge on any atom is 0.220 e. The molecule has 1 aromatic heterocycles. The number of rotatable bonds is 6. The van der Waals surface area contributed by atoms with Gasteiger partial charge >= 0.3 is 0 Å². The van der Waals surface area contributed by atoms with E-state index in [9.17, 15) is 4.79 Å². The maximum atomic E-state index is 11.6. The first-order chi connectivity index (χ1) is 8.84. The van der Waals surface area contributed by atoms with Crippen LogP contribution in [0.2, 0.25) is 0 Å². The van der Waals surface area contributed by atoms with Gasteiger partial charge < -0.3 is 15.1 Å². The first kappa shape index (κ1) is 13.1. The number of hydrogen-bond acceptors (Lipinski definition) is 3. The van der Waals surface area contributed by atoms with Crippen molar-refractivity contribution in [3.8, 4) is 0 Å². The Kier molecular flexibility index (Phi) is 5.27. The highest BCUT2D eigenvalue weighted by Gasteiger charge is 2.12. The molecule has 0 spiro atoms. The fourth-order valence-electron chi connectivity index (χ4n) is 2.37. The van der Waals surface area contributed by atoms with E-state index in [0.717, 1.165) is 37.7 Å². The van der Waals surface area contributed by atoms with Crippen LogP contribution in [-0.2, 0) is 11.2 Å². The fourth-order valence-corrected chi connectivity index (χ4v) is 2.37. The van der Waals surface area contributed by atoms with E-state index in [1.807, 2.05) is 12.1 Å². The zero-order valence-corrected chi connectivity index (χ0v) is 10.8. The summed E-state index contributed by atoms with van der Waals surface area (Å²) in [6.45, 7) is 3.04. The Labute approximate surface area is 108 Å². The van der Waals surface area contributed by atoms with Crippen molar-refractivity contribution in [3.63, 3.8) is 0 Å². The van der Waals surface area contributed by atoms with Crippen molar-refractivity contribution in [2.45, 2.75) is 32.1 Å². The minimum Gasteiger partial charge on any atom is -0.469 e. The van der Waals surface area contributed by atoms with Gasteiger partial charge in [0.2, 0.25) is 5.91 Å². The molecule has 18 heavy (non-hydrogen) atoms. The molecule has 1 atom stereocenters. The summed E-state index contributed by atoms with van der Waals surface area (Å²) >= 11 is 0. The van der Waals surface area contributed by atoms with Crippen molar-refractivity contribution >= 4 is 5.91 Å². The SMILES string of the molecule is O=C(CCc1ccco1)NCCC1CCCNC1. The van der Waals surface area contributed by atoms with Crippen molar-refractivity contribution < 1.29 is 9.21 Å². The van der Waals surface area contributed by atoms with Crippen LogP contribution in [0.4, 0.5) is 0 Å². The van der Waals surface area contributed by atoms with Crippen LogP contribution in [-0.4, -0.2) is 25.5 Å². The van der Waals surface area contributed by atoms with Gasteiger partial charge in [-0.3, -0.25) is 4.79 Å². The lowest BCUT2D eigenvalue weighted by atomic mass is 9.96. The van der Waals surface area contributed by atoms with Gasteiger partial charge in [0.15, 0.2) is 0 Å². The topological polar surface area (TPSA) is 54.3 Å². The third-order valence-corrected chi connectivity index (χ3v) is 3.45. The van der Waals surface area contributed by atoms with Gasteiger partial charge in [0.25, 0.3) is 0 Å². The average Bonchev–Trinajstić information content (AvgIpc) is 2.91. The summed E-state index contributed by atoms with van der Waals surface area (Å²) in [5.74, 6) is 1.72. The monoisotopic (exact) mass is 250 g/mol. The first-order valence-corrected chi connectivity index (χ1v) is 6.84. The third-order valence-electron chi connectivity index (χ3n) is 3.45. The number of hydrogen-bond donors (Lipinski definition) is 2. The van der Waals surface area contributed by atoms with Crippen molar-refractivity contribution in [2.75, 3.05) is 19.6 Å². The Bertz CT molecular complexity index is 343. The summed E-state index contributed by atoms with van der Waals surface area (Å²) in [5, 5.41) is 6.38. The van der Waals surface area contributed by atoms with E-state index in [1.165, 1.54) is 12.8 Å². The van der Waals surface area contributed by atoms with Gasteiger partial charge in [-0.25, -0.2) is 0 Å². The van der Waals surface area contributed by atoms with E-state index in [1.54, 1.807) is 6.26 Å². The van der Waals surface area contributed by atoms with E-state index < -0.39 is 0 Å². The second-order valence-electron chi connectivity index (χ2n) is 4.93. The van der Waals surface area contributed by atoms with Crippen LogP contribution in [0.3, 0.4) is 0 Å². The predicted octanol–water partition coefficient (Wildman–Crippen LogP) is 1.72. The Balaban J connectivity index is 1.54. The lowest BCUT2D eigenvalue weighted by Crippen LogP contribution is -2.33. The summed E-state index contributed by atoms with van der Waals surface area (Å²) in [5.41, 5.74) is 0. The molecule has 1 unspecified atom stereocenters. The van der Waals surface area contributed by atoms with Crippen LogP contribution in [0.15, 0.2) is 22.8 Å². The molecule has 0 aromatic carbocycles. The lowest BCUT2D eigenvalue weighted by molar-refractivity contribution is -0.121. The number of carbonyl (C=O) groups is 1. The smallest absolute Gasteiger partial charge is 0.220 e. The highest BCUT2D eigenvalue weighted by molar-refractivity contribution is 5.75. The van der Waals surface area contributed by atoms with Crippen LogP contribution in [0, 0.1) is 5.92 Å². The summed E-state index contributed by atoms with van der Waals surface area (Å²) in [7, 11) is 0. The van der Waals surface area contributed by atoms with Gasteiger partial charge in [-0.1, -0.05) is 0 Å². The second kappa shape index (κ2) is 7.21. The summed E-state index contributed by atoms with van der Waals surface area (Å²) in [6.07, 6.45) is 6.47. The minimum absolute atomic E-state index is 0.121. The van der Waals surface area contributed by atoms with Crippen LogP contribution in [0.5, 0.6) is 0 Å². The number of aryl methyl sites for hydroxylation is 1. The van der Waals surface area contributed by atoms with Gasteiger partial charge in [0, 0.05) is 19.4 Å². The number of amides is 1. The molecule has 2 heterocycles. The summed E-state index contributed by atoms with van der Waals surface area (Å²) in [6, 6.07) is 3.75. The fraction of sp³-hybridized carbons (Fsp3) is 0.643. The number of piperidine rings is 1. The molecule has 0 radical (unpaired) electrons. The normalized spacial score (nSPS) is 19.7. The van der Waals surface area contributed by atoms with Crippen molar-refractivity contribution in [1.29, 1.82) is 0 Å². The van der Waals surface area contributed by atoms with Gasteiger partial charge in [0.05, 0.1) is 6.26 Å². The third kappa shape index (κ3) is 4.53. The highest BCUT2D eigenvalue weighted by Crippen LogP contribution is 2.12. The van der Waals surface area contributed by atoms with Gasteiger partial charge in [0.1, 0.15) is 5.76 Å². The molecule has 1 aliphatic rings. The lowest BCUT2D eigenvalue weighted by Gasteiger charge is -2.22. The van der Waals surface area contributed by atoms with Crippen LogP contribution in [0.25, 0.3) is 0 Å². The minimum atomic E-state index is 0.121.